The van der Waals surface area contributed by atoms with E-state index in [1.807, 2.05) is 11.8 Å². The van der Waals surface area contributed by atoms with Gasteiger partial charge in [-0.15, -0.1) is 0 Å². The normalized spacial score (nSPS) is 14.2. The molecule has 0 spiro atoms. The second-order valence-electron chi connectivity index (χ2n) is 5.08. The molecular formula is C15H25BrN2S. The van der Waals surface area contributed by atoms with Gasteiger partial charge in [0.15, 0.2) is 0 Å². The first kappa shape index (κ1) is 16.9. The fourth-order valence-electron chi connectivity index (χ4n) is 2.30. The second kappa shape index (κ2) is 8.18. The van der Waals surface area contributed by atoms with Crippen molar-refractivity contribution in [3.63, 3.8) is 0 Å². The van der Waals surface area contributed by atoms with Gasteiger partial charge in [0.1, 0.15) is 0 Å². The van der Waals surface area contributed by atoms with Gasteiger partial charge in [-0.25, -0.2) is 0 Å². The molecule has 0 aromatic heterocycles. The Labute approximate surface area is 130 Å². The molecule has 2 nitrogen and oxygen atoms in total. The average molecular weight is 345 g/mol. The van der Waals surface area contributed by atoms with E-state index >= 15 is 0 Å². The van der Waals surface area contributed by atoms with Crippen molar-refractivity contribution in [2.24, 2.45) is 5.73 Å². The third kappa shape index (κ3) is 5.01. The van der Waals surface area contributed by atoms with E-state index in [9.17, 15) is 0 Å². The number of benzene rings is 1. The molecule has 1 aromatic rings. The number of halogens is 1. The smallest absolute Gasteiger partial charge is 0.0400 e. The zero-order valence-corrected chi connectivity index (χ0v) is 14.7. The highest BCUT2D eigenvalue weighted by molar-refractivity contribution is 9.10. The van der Waals surface area contributed by atoms with Crippen molar-refractivity contribution in [1.29, 1.82) is 0 Å². The lowest BCUT2D eigenvalue weighted by molar-refractivity contribution is 0.664. The zero-order valence-electron chi connectivity index (χ0n) is 12.3. The Bertz CT molecular complexity index is 396. The summed E-state index contributed by atoms with van der Waals surface area (Å²) in [5.74, 6) is 1.15. The van der Waals surface area contributed by atoms with Crippen LogP contribution in [0.5, 0.6) is 0 Å². The van der Waals surface area contributed by atoms with Gasteiger partial charge in [-0.1, -0.05) is 22.9 Å². The molecule has 4 heteroatoms. The molecule has 0 aliphatic rings. The van der Waals surface area contributed by atoms with Gasteiger partial charge in [0.2, 0.25) is 0 Å². The highest BCUT2D eigenvalue weighted by Gasteiger charge is 2.16. The van der Waals surface area contributed by atoms with E-state index in [-0.39, 0.29) is 6.04 Å². The monoisotopic (exact) mass is 344 g/mol. The summed E-state index contributed by atoms with van der Waals surface area (Å²) in [5, 5.41) is 0. The summed E-state index contributed by atoms with van der Waals surface area (Å²) in [4.78, 5) is 2.40. The SMILES string of the molecule is CCC(CSC)N(C)c1ccc(Br)cc1CC(C)N. The van der Waals surface area contributed by atoms with E-state index in [0.29, 0.717) is 6.04 Å². The van der Waals surface area contributed by atoms with Gasteiger partial charge in [0, 0.05) is 35.0 Å². The van der Waals surface area contributed by atoms with E-state index < -0.39 is 0 Å². The number of rotatable bonds is 7. The first-order valence-electron chi connectivity index (χ1n) is 6.75. The first-order valence-corrected chi connectivity index (χ1v) is 8.94. The molecule has 0 heterocycles. The van der Waals surface area contributed by atoms with E-state index in [0.717, 1.165) is 23.1 Å². The van der Waals surface area contributed by atoms with Crippen molar-refractivity contribution < 1.29 is 0 Å². The molecule has 0 saturated heterocycles. The van der Waals surface area contributed by atoms with Crippen molar-refractivity contribution >= 4 is 33.4 Å². The van der Waals surface area contributed by atoms with Crippen molar-refractivity contribution in [2.45, 2.75) is 38.8 Å². The molecule has 0 aliphatic carbocycles. The van der Waals surface area contributed by atoms with Gasteiger partial charge in [-0.3, -0.25) is 0 Å². The summed E-state index contributed by atoms with van der Waals surface area (Å²) in [7, 11) is 2.19. The first-order chi connectivity index (χ1) is 8.99. The summed E-state index contributed by atoms with van der Waals surface area (Å²) >= 11 is 5.46. The van der Waals surface area contributed by atoms with Gasteiger partial charge in [0.25, 0.3) is 0 Å². The van der Waals surface area contributed by atoms with Crippen molar-refractivity contribution in [3.05, 3.63) is 28.2 Å². The van der Waals surface area contributed by atoms with Crippen LogP contribution < -0.4 is 10.6 Å². The molecule has 0 bridgehead atoms. The Morgan fingerprint density at radius 3 is 2.63 bits per heavy atom. The third-order valence-electron chi connectivity index (χ3n) is 3.34. The molecule has 1 rings (SSSR count). The standard InChI is InChI=1S/C15H25BrN2S/c1-5-14(10-19-4)18(3)15-7-6-13(16)9-12(15)8-11(2)17/h6-7,9,11,14H,5,8,10,17H2,1-4H3. The maximum absolute atomic E-state index is 5.97. The molecule has 2 unspecified atom stereocenters. The van der Waals surface area contributed by atoms with E-state index in [1.165, 1.54) is 11.3 Å². The number of hydrogen-bond acceptors (Lipinski definition) is 3. The number of nitrogens with zero attached hydrogens (tertiary/aromatic N) is 1. The average Bonchev–Trinajstić information content (AvgIpc) is 2.34. The molecule has 0 amide bonds. The minimum atomic E-state index is 0.182. The van der Waals surface area contributed by atoms with Crippen LogP contribution in [0.2, 0.25) is 0 Å². The van der Waals surface area contributed by atoms with E-state index in [2.05, 4.69) is 66.2 Å². The minimum absolute atomic E-state index is 0.182. The predicted octanol–water partition coefficient (Wildman–Crippen LogP) is 3.92. The van der Waals surface area contributed by atoms with Crippen LogP contribution in [0.15, 0.2) is 22.7 Å². The maximum Gasteiger partial charge on any atom is 0.0400 e. The Morgan fingerprint density at radius 2 is 2.11 bits per heavy atom. The van der Waals surface area contributed by atoms with Gasteiger partial charge < -0.3 is 10.6 Å². The van der Waals surface area contributed by atoms with Crippen LogP contribution in [0.25, 0.3) is 0 Å². The summed E-state index contributed by atoms with van der Waals surface area (Å²) in [6.45, 7) is 4.31. The molecule has 19 heavy (non-hydrogen) atoms. The van der Waals surface area contributed by atoms with Crippen molar-refractivity contribution in [2.75, 3.05) is 24.0 Å². The Kier molecular flexibility index (Phi) is 7.26. The van der Waals surface area contributed by atoms with Crippen LogP contribution in [0.1, 0.15) is 25.8 Å². The van der Waals surface area contributed by atoms with Crippen LogP contribution in [-0.2, 0) is 6.42 Å². The van der Waals surface area contributed by atoms with Crippen LogP contribution >= 0.6 is 27.7 Å². The number of thioether (sulfide) groups is 1. The van der Waals surface area contributed by atoms with Crippen molar-refractivity contribution in [3.8, 4) is 0 Å². The maximum atomic E-state index is 5.97. The lowest BCUT2D eigenvalue weighted by Gasteiger charge is -2.31. The zero-order chi connectivity index (χ0) is 14.4. The van der Waals surface area contributed by atoms with Gasteiger partial charge >= 0.3 is 0 Å². The molecule has 108 valence electrons. The molecule has 2 atom stereocenters. The largest absolute Gasteiger partial charge is 0.371 e. The highest BCUT2D eigenvalue weighted by Crippen LogP contribution is 2.27. The number of nitrogens with two attached hydrogens (primary N) is 1. The van der Waals surface area contributed by atoms with Gasteiger partial charge in [0.05, 0.1) is 0 Å². The van der Waals surface area contributed by atoms with E-state index in [4.69, 9.17) is 5.73 Å². The lowest BCUT2D eigenvalue weighted by atomic mass is 10.0. The molecule has 1 aromatic carbocycles. The summed E-state index contributed by atoms with van der Waals surface area (Å²) in [6, 6.07) is 7.26. The summed E-state index contributed by atoms with van der Waals surface area (Å²) in [5.41, 5.74) is 8.61. The molecule has 0 radical (unpaired) electrons. The van der Waals surface area contributed by atoms with Crippen LogP contribution in [0.4, 0.5) is 5.69 Å². The second-order valence-corrected chi connectivity index (χ2v) is 6.91. The molecular weight excluding hydrogens is 320 g/mol. The molecule has 0 saturated carbocycles. The molecule has 0 fully saturated rings. The van der Waals surface area contributed by atoms with Crippen molar-refractivity contribution in [1.82, 2.24) is 0 Å². The van der Waals surface area contributed by atoms with Crippen LogP contribution in [0, 0.1) is 0 Å². The lowest BCUT2D eigenvalue weighted by Crippen LogP contribution is -2.34. The Hall–Kier alpha value is -0.190. The predicted molar refractivity (Wildman–Crippen MR) is 92.4 cm³/mol. The van der Waals surface area contributed by atoms with Gasteiger partial charge in [-0.2, -0.15) is 11.8 Å². The topological polar surface area (TPSA) is 29.3 Å². The summed E-state index contributed by atoms with van der Waals surface area (Å²) in [6.07, 6.45) is 4.24. The molecule has 2 N–H and O–H groups in total. The quantitative estimate of drug-likeness (QED) is 0.812. The fraction of sp³-hybridized carbons (Fsp3) is 0.600. The number of anilines is 1. The highest BCUT2D eigenvalue weighted by atomic mass is 79.9. The number of hydrogen-bond donors (Lipinski definition) is 1. The Morgan fingerprint density at radius 1 is 1.42 bits per heavy atom. The van der Waals surface area contributed by atoms with E-state index in [1.54, 1.807) is 0 Å². The van der Waals surface area contributed by atoms with Gasteiger partial charge in [-0.05, 0) is 49.8 Å². The third-order valence-corrected chi connectivity index (χ3v) is 4.55. The summed E-state index contributed by atoms with van der Waals surface area (Å²) < 4.78 is 1.12. The Balaban J connectivity index is 3.03. The fourth-order valence-corrected chi connectivity index (χ4v) is 3.55. The van der Waals surface area contributed by atoms with Crippen LogP contribution in [0.3, 0.4) is 0 Å². The minimum Gasteiger partial charge on any atom is -0.371 e. The van der Waals surface area contributed by atoms with Crippen LogP contribution in [-0.4, -0.2) is 31.1 Å². The molecule has 0 aliphatic heterocycles.